The molecule has 0 saturated heterocycles. The number of rotatable bonds is 2. The Hall–Kier alpha value is -1.05. The fourth-order valence-electron chi connectivity index (χ4n) is 1.55. The van der Waals surface area contributed by atoms with Crippen molar-refractivity contribution in [2.45, 2.75) is 9.81 Å². The van der Waals surface area contributed by atoms with Crippen molar-refractivity contribution in [2.75, 3.05) is 14.1 Å². The SMILES string of the molecule is CN1C=CN=C[CH]1[Al+][CH]1C=NC=CN1C.[H-]. The van der Waals surface area contributed by atoms with Crippen molar-refractivity contribution in [1.82, 2.24) is 9.80 Å². The molecule has 5 heteroatoms. The van der Waals surface area contributed by atoms with Crippen LogP contribution in [0.3, 0.4) is 0 Å². The Kier molecular flexibility index (Phi) is 3.24. The van der Waals surface area contributed by atoms with E-state index in [9.17, 15) is 0 Å². The normalized spacial score (nSPS) is 28.4. The van der Waals surface area contributed by atoms with Crippen LogP contribution in [0.25, 0.3) is 0 Å². The third kappa shape index (κ3) is 2.50. The molecule has 4 nitrogen and oxygen atoms in total. The van der Waals surface area contributed by atoms with Gasteiger partial charge in [-0.25, -0.2) is 0 Å². The minimum Gasteiger partial charge on any atom is -1.00 e. The summed E-state index contributed by atoms with van der Waals surface area (Å²) in [4.78, 5) is 13.7. The second kappa shape index (κ2) is 4.65. The van der Waals surface area contributed by atoms with E-state index in [0.29, 0.717) is 9.81 Å². The van der Waals surface area contributed by atoms with E-state index >= 15 is 0 Å². The van der Waals surface area contributed by atoms with Crippen molar-refractivity contribution in [2.24, 2.45) is 9.98 Å². The van der Waals surface area contributed by atoms with Crippen LogP contribution in [0.15, 0.2) is 34.8 Å². The summed E-state index contributed by atoms with van der Waals surface area (Å²) in [6.07, 6.45) is 11.7. The largest absolute Gasteiger partial charge is 1.00 e. The molecule has 2 atom stereocenters. The zero-order valence-electron chi connectivity index (χ0n) is 9.99. The molecule has 0 spiro atoms. The second-order valence-electron chi connectivity index (χ2n) is 3.70. The quantitative estimate of drug-likeness (QED) is 0.629. The maximum Gasteiger partial charge on any atom is -1.00 e. The Labute approximate surface area is 97.9 Å². The fraction of sp³-hybridized carbons (Fsp3) is 0.400. The molecule has 2 heterocycles. The molecule has 0 N–H and O–H groups in total. The molecule has 2 aliphatic heterocycles. The number of nitrogens with zero attached hydrogens (tertiary/aromatic N) is 4. The monoisotopic (exact) mass is 218 g/mol. The van der Waals surface area contributed by atoms with Gasteiger partial charge in [0.1, 0.15) is 0 Å². The van der Waals surface area contributed by atoms with Gasteiger partial charge in [-0.2, -0.15) is 0 Å². The molecule has 2 unspecified atom stereocenters. The molecule has 78 valence electrons. The number of hydrogen-bond donors (Lipinski definition) is 0. The van der Waals surface area contributed by atoms with Gasteiger partial charge in [0.2, 0.25) is 0 Å². The standard InChI is InChI=1S/2C5H7N2.Al.H/c2*1-7-4-2-6-3-5-7;;/h2*2-5H,1H3;;/q;;+1;-1. The van der Waals surface area contributed by atoms with Gasteiger partial charge in [-0.1, -0.05) is 0 Å². The third-order valence-electron chi connectivity index (χ3n) is 2.59. The van der Waals surface area contributed by atoms with Crippen LogP contribution in [-0.4, -0.2) is 61.4 Å². The summed E-state index contributed by atoms with van der Waals surface area (Å²) in [5, 5.41) is 0. The molecule has 0 aromatic heterocycles. The Morgan fingerprint density at radius 1 is 1.00 bits per heavy atom. The molecule has 0 fully saturated rings. The first kappa shape index (κ1) is 10.5. The Morgan fingerprint density at radius 3 is 1.87 bits per heavy atom. The molecular formula is C10H15AlN4. The zero-order chi connectivity index (χ0) is 10.7. The Morgan fingerprint density at radius 2 is 1.47 bits per heavy atom. The molecule has 15 heavy (non-hydrogen) atoms. The van der Waals surface area contributed by atoms with Gasteiger partial charge in [0, 0.05) is 0 Å². The van der Waals surface area contributed by atoms with Crippen molar-refractivity contribution in [3.05, 3.63) is 24.8 Å². The molecule has 0 amide bonds. The van der Waals surface area contributed by atoms with E-state index in [1.165, 1.54) is 0 Å². The van der Waals surface area contributed by atoms with E-state index < -0.39 is 0 Å². The third-order valence-corrected chi connectivity index (χ3v) is 4.66. The van der Waals surface area contributed by atoms with Crippen molar-refractivity contribution < 1.29 is 1.43 Å². The van der Waals surface area contributed by atoms with Gasteiger partial charge in [0.15, 0.2) is 0 Å². The van der Waals surface area contributed by atoms with Crippen molar-refractivity contribution in [1.29, 1.82) is 0 Å². The summed E-state index contributed by atoms with van der Waals surface area (Å²) in [7, 11) is 4.18. The van der Waals surface area contributed by atoms with Crippen molar-refractivity contribution >= 4 is 27.6 Å². The van der Waals surface area contributed by atoms with Gasteiger partial charge in [-0.3, -0.25) is 0 Å². The summed E-state index contributed by atoms with van der Waals surface area (Å²) in [5.41, 5.74) is 0. The van der Waals surface area contributed by atoms with E-state index in [-0.39, 0.29) is 16.6 Å². The van der Waals surface area contributed by atoms with Crippen LogP contribution >= 0.6 is 0 Å². The Balaban J connectivity index is 0.00000128. The van der Waals surface area contributed by atoms with Gasteiger partial charge in [-0.15, -0.1) is 0 Å². The van der Waals surface area contributed by atoms with Crippen LogP contribution in [0, 0.1) is 0 Å². The summed E-state index contributed by atoms with van der Waals surface area (Å²) >= 11 is 0.209. The predicted molar refractivity (Wildman–Crippen MR) is 65.2 cm³/mol. The summed E-state index contributed by atoms with van der Waals surface area (Å²) in [6.45, 7) is 0. The summed E-state index contributed by atoms with van der Waals surface area (Å²) in [5.74, 6) is 0. The topological polar surface area (TPSA) is 31.2 Å². The van der Waals surface area contributed by atoms with Gasteiger partial charge in [0.05, 0.1) is 0 Å². The van der Waals surface area contributed by atoms with E-state index in [1.807, 2.05) is 37.2 Å². The van der Waals surface area contributed by atoms with Crippen molar-refractivity contribution in [3.63, 3.8) is 0 Å². The van der Waals surface area contributed by atoms with E-state index in [2.05, 4.69) is 33.9 Å². The first-order valence-electron chi connectivity index (χ1n) is 4.96. The molecule has 0 aromatic carbocycles. The van der Waals surface area contributed by atoms with E-state index in [1.54, 1.807) is 0 Å². The van der Waals surface area contributed by atoms with Crippen LogP contribution < -0.4 is 0 Å². The zero-order valence-corrected chi connectivity index (χ0v) is 10.1. The number of aliphatic imine (C=N–C) groups is 2. The maximum atomic E-state index is 4.19. The first-order chi connectivity index (χ1) is 7.27. The predicted octanol–water partition coefficient (Wildman–Crippen LogP) is 0.430. The molecule has 0 saturated carbocycles. The average molecular weight is 218 g/mol. The minimum absolute atomic E-state index is 0. The molecule has 0 aromatic rings. The maximum absolute atomic E-state index is 4.19. The van der Waals surface area contributed by atoms with E-state index in [0.717, 1.165) is 0 Å². The molecule has 0 bridgehead atoms. The second-order valence-corrected chi connectivity index (χ2v) is 5.45. The van der Waals surface area contributed by atoms with Crippen LogP contribution in [0.2, 0.25) is 0 Å². The molecule has 2 aliphatic rings. The minimum atomic E-state index is 0. The molecule has 2 rings (SSSR count). The number of hydrogen-bond acceptors (Lipinski definition) is 4. The average Bonchev–Trinajstić information content (AvgIpc) is 2.24. The smallest absolute Gasteiger partial charge is 1.00 e. The van der Waals surface area contributed by atoms with Gasteiger partial charge < -0.3 is 1.43 Å². The Bertz CT molecular complexity index is 308. The van der Waals surface area contributed by atoms with Gasteiger partial charge in [-0.05, 0) is 0 Å². The van der Waals surface area contributed by atoms with Gasteiger partial charge >= 0.3 is 96.1 Å². The van der Waals surface area contributed by atoms with Crippen LogP contribution in [0.5, 0.6) is 0 Å². The summed E-state index contributed by atoms with van der Waals surface area (Å²) in [6, 6.07) is 0. The van der Waals surface area contributed by atoms with Gasteiger partial charge in [0.25, 0.3) is 0 Å². The van der Waals surface area contributed by atoms with E-state index in [4.69, 9.17) is 0 Å². The van der Waals surface area contributed by atoms with Crippen LogP contribution in [-0.2, 0) is 0 Å². The fourth-order valence-corrected chi connectivity index (χ4v) is 3.09. The van der Waals surface area contributed by atoms with Crippen LogP contribution in [0.1, 0.15) is 1.43 Å². The summed E-state index contributed by atoms with van der Waals surface area (Å²) < 4.78 is 0. The molecule has 0 aliphatic carbocycles. The molecular weight excluding hydrogens is 203 g/mol. The first-order valence-corrected chi connectivity index (χ1v) is 6.29. The molecule has 0 radical (unpaired) electrons. The van der Waals surface area contributed by atoms with Crippen LogP contribution in [0.4, 0.5) is 0 Å². The van der Waals surface area contributed by atoms with Crippen molar-refractivity contribution in [3.8, 4) is 0 Å².